The molecule has 3 heterocycles. The van der Waals surface area contributed by atoms with E-state index in [1.165, 1.54) is 10.7 Å². The molecular weight excluding hydrogens is 379 g/mol. The number of hydrogen-bond donors (Lipinski definition) is 0. The molecule has 0 N–H and O–H groups in total. The molecule has 1 spiro atoms. The Hall–Kier alpha value is -1.09. The van der Waals surface area contributed by atoms with Crippen molar-refractivity contribution in [3.63, 3.8) is 0 Å². The first-order chi connectivity index (χ1) is 12.5. The summed E-state index contributed by atoms with van der Waals surface area (Å²) in [5, 5.41) is 3.82. The summed E-state index contributed by atoms with van der Waals surface area (Å²) in [5.74, 6) is 0.659. The predicted octanol–water partition coefficient (Wildman–Crippen LogP) is 3.24. The van der Waals surface area contributed by atoms with Crippen molar-refractivity contribution in [3.05, 3.63) is 17.5 Å². The van der Waals surface area contributed by atoms with Crippen LogP contribution in [0.3, 0.4) is 0 Å². The normalized spacial score (nSPS) is 30.3. The van der Waals surface area contributed by atoms with E-state index in [0.29, 0.717) is 23.2 Å². The van der Waals surface area contributed by atoms with Gasteiger partial charge in [0, 0.05) is 35.7 Å². The van der Waals surface area contributed by atoms with Crippen LogP contribution in [0.5, 0.6) is 0 Å². The van der Waals surface area contributed by atoms with Crippen molar-refractivity contribution in [1.82, 2.24) is 14.7 Å². The average Bonchev–Trinajstić information content (AvgIpc) is 3.21. The van der Waals surface area contributed by atoms with Crippen molar-refractivity contribution in [1.29, 1.82) is 0 Å². The molecule has 0 unspecified atom stereocenters. The number of likely N-dealkylation sites (tertiary alicyclic amines) is 1. The summed E-state index contributed by atoms with van der Waals surface area (Å²) in [5.41, 5.74) is -0.200. The molecule has 4 rings (SSSR count). The number of sulfone groups is 1. The van der Waals surface area contributed by atoms with Crippen LogP contribution >= 0.6 is 0 Å². The van der Waals surface area contributed by atoms with E-state index in [1.54, 1.807) is 0 Å². The third kappa shape index (κ3) is 3.52. The Labute approximate surface area is 157 Å². The zero-order valence-electron chi connectivity index (χ0n) is 15.7. The molecule has 152 valence electrons. The van der Waals surface area contributed by atoms with Gasteiger partial charge in [0.15, 0.2) is 15.5 Å². The fourth-order valence-corrected chi connectivity index (χ4v) is 7.48. The van der Waals surface area contributed by atoms with Gasteiger partial charge in [-0.2, -0.15) is 18.3 Å². The third-order valence-electron chi connectivity index (χ3n) is 6.40. The maximum absolute atomic E-state index is 13.1. The van der Waals surface area contributed by atoms with Crippen LogP contribution in [0.15, 0.2) is 6.07 Å². The van der Waals surface area contributed by atoms with Gasteiger partial charge in [-0.1, -0.05) is 0 Å². The number of aromatic nitrogens is 2. The maximum Gasteiger partial charge on any atom is 0.435 e. The Morgan fingerprint density at radius 2 is 1.96 bits per heavy atom. The van der Waals surface area contributed by atoms with Crippen LogP contribution < -0.4 is 0 Å². The summed E-state index contributed by atoms with van der Waals surface area (Å²) in [6.07, 6.45) is -0.904. The van der Waals surface area contributed by atoms with Crippen molar-refractivity contribution in [2.45, 2.75) is 63.7 Å². The summed E-state index contributed by atoms with van der Waals surface area (Å²) >= 11 is 0. The SMILES string of the molecule is CC(C)n1nc(C(F)(F)F)cc1[C@@H]1CC[C@H](N2CCC3(C2)CS(=O)(=O)C3)C1. The lowest BCUT2D eigenvalue weighted by molar-refractivity contribution is -0.141. The lowest BCUT2D eigenvalue weighted by Crippen LogP contribution is -2.50. The van der Waals surface area contributed by atoms with Crippen LogP contribution in [0.2, 0.25) is 0 Å². The van der Waals surface area contributed by atoms with E-state index in [4.69, 9.17) is 0 Å². The van der Waals surface area contributed by atoms with E-state index in [-0.39, 0.29) is 17.4 Å². The average molecular weight is 405 g/mol. The lowest BCUT2D eigenvalue weighted by atomic mass is 9.91. The van der Waals surface area contributed by atoms with Gasteiger partial charge in [0.05, 0.1) is 11.5 Å². The standard InChI is InChI=1S/C18H26F3N3O2S/c1-12(2)24-15(8-16(22-24)18(19,20)21)13-3-4-14(7-13)23-6-5-17(9-23)10-27(25,26)11-17/h8,12-14H,3-7,9-11H2,1-2H3/t13-,14+/m1/s1. The molecule has 3 aliphatic rings. The molecule has 9 heteroatoms. The first-order valence-electron chi connectivity index (χ1n) is 9.59. The molecule has 0 aromatic carbocycles. The summed E-state index contributed by atoms with van der Waals surface area (Å²) in [4.78, 5) is 2.37. The minimum atomic E-state index is -4.43. The smallest absolute Gasteiger partial charge is 0.300 e. The Kier molecular flexibility index (Phi) is 4.42. The Bertz CT molecular complexity index is 819. The molecule has 0 bridgehead atoms. The van der Waals surface area contributed by atoms with Gasteiger partial charge in [-0.05, 0) is 52.1 Å². The van der Waals surface area contributed by atoms with E-state index < -0.39 is 21.7 Å². The van der Waals surface area contributed by atoms with Crippen LogP contribution in [-0.4, -0.2) is 53.7 Å². The lowest BCUT2D eigenvalue weighted by Gasteiger charge is -2.38. The highest BCUT2D eigenvalue weighted by atomic mass is 32.2. The number of nitrogens with zero attached hydrogens (tertiary/aromatic N) is 3. The van der Waals surface area contributed by atoms with Crippen LogP contribution in [0.4, 0.5) is 13.2 Å². The number of halogens is 3. The van der Waals surface area contributed by atoms with Crippen molar-refractivity contribution in [2.75, 3.05) is 24.6 Å². The minimum absolute atomic E-state index is 0.0694. The van der Waals surface area contributed by atoms with Gasteiger partial charge in [0.25, 0.3) is 0 Å². The van der Waals surface area contributed by atoms with Crippen molar-refractivity contribution in [2.24, 2.45) is 5.41 Å². The van der Waals surface area contributed by atoms with Gasteiger partial charge in [-0.3, -0.25) is 9.58 Å². The van der Waals surface area contributed by atoms with E-state index in [1.807, 2.05) is 13.8 Å². The molecule has 1 saturated carbocycles. The summed E-state index contributed by atoms with van der Waals surface area (Å²) in [6.45, 7) is 5.40. The number of rotatable bonds is 3. The zero-order valence-corrected chi connectivity index (χ0v) is 16.5. The zero-order chi connectivity index (χ0) is 19.6. The van der Waals surface area contributed by atoms with Crippen molar-refractivity contribution < 1.29 is 21.6 Å². The van der Waals surface area contributed by atoms with Gasteiger partial charge in [0.2, 0.25) is 0 Å². The predicted molar refractivity (Wildman–Crippen MR) is 95.3 cm³/mol. The van der Waals surface area contributed by atoms with Crippen LogP contribution in [0.1, 0.15) is 62.9 Å². The van der Waals surface area contributed by atoms with Gasteiger partial charge in [-0.25, -0.2) is 8.42 Å². The molecule has 5 nitrogen and oxygen atoms in total. The summed E-state index contributed by atoms with van der Waals surface area (Å²) in [7, 11) is -2.85. The molecule has 27 heavy (non-hydrogen) atoms. The van der Waals surface area contributed by atoms with E-state index >= 15 is 0 Å². The fourth-order valence-electron chi connectivity index (χ4n) is 5.23. The highest BCUT2D eigenvalue weighted by molar-refractivity contribution is 7.92. The fraction of sp³-hybridized carbons (Fsp3) is 0.833. The molecule has 1 aromatic rings. The summed E-state index contributed by atoms with van der Waals surface area (Å²) < 4.78 is 64.0. The van der Waals surface area contributed by atoms with Crippen molar-refractivity contribution in [3.8, 4) is 0 Å². The second kappa shape index (κ2) is 6.20. The van der Waals surface area contributed by atoms with Crippen molar-refractivity contribution >= 4 is 9.84 Å². The topological polar surface area (TPSA) is 55.2 Å². The molecular formula is C18H26F3N3O2S. The monoisotopic (exact) mass is 405 g/mol. The Morgan fingerprint density at radius 3 is 2.56 bits per heavy atom. The van der Waals surface area contributed by atoms with Gasteiger partial charge in [0.1, 0.15) is 0 Å². The molecule has 1 aliphatic carbocycles. The second-order valence-electron chi connectivity index (χ2n) is 8.91. The first kappa shape index (κ1) is 19.2. The number of alkyl halides is 3. The largest absolute Gasteiger partial charge is 0.435 e. The Balaban J connectivity index is 1.47. The highest BCUT2D eigenvalue weighted by Crippen LogP contribution is 2.46. The van der Waals surface area contributed by atoms with E-state index in [2.05, 4.69) is 10.00 Å². The molecule has 2 aliphatic heterocycles. The molecule has 0 radical (unpaired) electrons. The molecule has 1 aromatic heterocycles. The van der Waals surface area contributed by atoms with Gasteiger partial charge >= 0.3 is 6.18 Å². The minimum Gasteiger partial charge on any atom is -0.300 e. The van der Waals surface area contributed by atoms with Gasteiger partial charge < -0.3 is 0 Å². The maximum atomic E-state index is 13.1. The first-order valence-corrected chi connectivity index (χ1v) is 11.4. The van der Waals surface area contributed by atoms with E-state index in [0.717, 1.165) is 38.8 Å². The van der Waals surface area contributed by atoms with E-state index in [9.17, 15) is 21.6 Å². The third-order valence-corrected chi connectivity index (χ3v) is 8.51. The molecule has 2 saturated heterocycles. The summed E-state index contributed by atoms with van der Waals surface area (Å²) in [6, 6.07) is 1.42. The van der Waals surface area contributed by atoms with Gasteiger partial charge in [-0.15, -0.1) is 0 Å². The molecule has 0 amide bonds. The molecule has 2 atom stereocenters. The van der Waals surface area contributed by atoms with Crippen LogP contribution in [0, 0.1) is 5.41 Å². The quantitative estimate of drug-likeness (QED) is 0.775. The Morgan fingerprint density at radius 1 is 1.26 bits per heavy atom. The highest BCUT2D eigenvalue weighted by Gasteiger charge is 2.53. The van der Waals surface area contributed by atoms with Crippen LogP contribution in [-0.2, 0) is 16.0 Å². The van der Waals surface area contributed by atoms with Crippen LogP contribution in [0.25, 0.3) is 0 Å². The second-order valence-corrected chi connectivity index (χ2v) is 11.0. The number of hydrogen-bond acceptors (Lipinski definition) is 4. The molecule has 3 fully saturated rings.